The van der Waals surface area contributed by atoms with Gasteiger partial charge in [-0.2, -0.15) is 0 Å². The summed E-state index contributed by atoms with van der Waals surface area (Å²) in [5.74, 6) is 0. The van der Waals surface area contributed by atoms with Gasteiger partial charge in [-0.05, 0) is 36.1 Å². The van der Waals surface area contributed by atoms with E-state index in [1.165, 1.54) is 0 Å². The summed E-state index contributed by atoms with van der Waals surface area (Å²) < 4.78 is 0. The monoisotopic (exact) mass is 276 g/mol. The lowest BCUT2D eigenvalue weighted by atomic mass is 10.1. The molecule has 3 aromatic carbocycles. The highest BCUT2D eigenvalue weighted by molar-refractivity contribution is 6.06. The highest BCUT2D eigenvalue weighted by Gasteiger charge is 2.05. The molecule has 0 aliphatic rings. The predicted octanol–water partition coefficient (Wildman–Crippen LogP) is 4.79. The second-order valence-corrected chi connectivity index (χ2v) is 4.98. The minimum Gasteiger partial charge on any atom is -0.308 e. The summed E-state index contributed by atoms with van der Waals surface area (Å²) in [7, 11) is 0. The average molecular weight is 276 g/mol. The number of urea groups is 1. The van der Waals surface area contributed by atoms with Gasteiger partial charge in [0.25, 0.3) is 0 Å². The van der Waals surface area contributed by atoms with Gasteiger partial charge >= 0.3 is 6.03 Å². The third-order valence-corrected chi connectivity index (χ3v) is 3.31. The quantitative estimate of drug-likeness (QED) is 0.694. The van der Waals surface area contributed by atoms with Crippen molar-refractivity contribution in [1.29, 1.82) is 0 Å². The zero-order chi connectivity index (χ0) is 14.7. The van der Waals surface area contributed by atoms with E-state index in [1.807, 2.05) is 73.7 Å². The fraction of sp³-hybridized carbons (Fsp3) is 0.0556. The summed E-state index contributed by atoms with van der Waals surface area (Å²) >= 11 is 0. The smallest absolute Gasteiger partial charge is 0.308 e. The van der Waals surface area contributed by atoms with Crippen LogP contribution in [0.2, 0.25) is 0 Å². The molecule has 104 valence electrons. The first-order chi connectivity index (χ1) is 10.2. The van der Waals surface area contributed by atoms with Crippen molar-refractivity contribution in [3.05, 3.63) is 72.3 Å². The van der Waals surface area contributed by atoms with Gasteiger partial charge in [0.05, 0.1) is 5.69 Å². The van der Waals surface area contributed by atoms with Gasteiger partial charge in [0.1, 0.15) is 0 Å². The molecule has 0 aromatic heterocycles. The molecule has 0 aliphatic heterocycles. The number of anilines is 2. The van der Waals surface area contributed by atoms with Crippen LogP contribution in [0.15, 0.2) is 66.7 Å². The summed E-state index contributed by atoms with van der Waals surface area (Å²) in [6.07, 6.45) is 0. The van der Waals surface area contributed by atoms with Crippen LogP contribution in [-0.2, 0) is 0 Å². The third kappa shape index (κ3) is 3.03. The molecule has 2 N–H and O–H groups in total. The number of aryl methyl sites for hydroxylation is 1. The molecule has 0 aliphatic carbocycles. The lowest BCUT2D eigenvalue weighted by Gasteiger charge is -2.10. The van der Waals surface area contributed by atoms with Gasteiger partial charge in [0.15, 0.2) is 0 Å². The first kappa shape index (κ1) is 13.2. The van der Waals surface area contributed by atoms with Crippen LogP contribution < -0.4 is 10.6 Å². The van der Waals surface area contributed by atoms with Crippen LogP contribution in [0.1, 0.15) is 5.56 Å². The van der Waals surface area contributed by atoms with E-state index in [0.29, 0.717) is 0 Å². The normalized spacial score (nSPS) is 10.3. The number of carbonyl (C=O) groups excluding carboxylic acids is 1. The molecular formula is C18H16N2O. The minimum absolute atomic E-state index is 0.239. The largest absolute Gasteiger partial charge is 0.323 e. The molecule has 0 heterocycles. The van der Waals surface area contributed by atoms with Gasteiger partial charge in [0, 0.05) is 11.1 Å². The van der Waals surface area contributed by atoms with Crippen LogP contribution in [0.25, 0.3) is 10.8 Å². The zero-order valence-corrected chi connectivity index (χ0v) is 11.8. The van der Waals surface area contributed by atoms with Crippen molar-refractivity contribution in [3.8, 4) is 0 Å². The van der Waals surface area contributed by atoms with E-state index in [9.17, 15) is 4.79 Å². The molecule has 0 saturated heterocycles. The fourth-order valence-electron chi connectivity index (χ4n) is 2.34. The van der Waals surface area contributed by atoms with Crippen LogP contribution in [-0.4, -0.2) is 6.03 Å². The van der Waals surface area contributed by atoms with Gasteiger partial charge in [-0.25, -0.2) is 4.79 Å². The van der Waals surface area contributed by atoms with Gasteiger partial charge in [-0.15, -0.1) is 0 Å². The second-order valence-electron chi connectivity index (χ2n) is 4.98. The van der Waals surface area contributed by atoms with Crippen molar-refractivity contribution >= 4 is 28.2 Å². The highest BCUT2D eigenvalue weighted by atomic mass is 16.2. The number of fused-ring (bicyclic) bond motifs is 1. The van der Waals surface area contributed by atoms with Crippen LogP contribution in [0.4, 0.5) is 16.2 Å². The Bertz CT molecular complexity index is 791. The first-order valence-electron chi connectivity index (χ1n) is 6.85. The Balaban J connectivity index is 1.80. The highest BCUT2D eigenvalue weighted by Crippen LogP contribution is 2.23. The Labute approximate surface area is 123 Å². The maximum absolute atomic E-state index is 12.1. The SMILES string of the molecule is Cc1cccc(NC(=O)Nc2cccc3ccccc23)c1. The molecule has 3 heteroatoms. The van der Waals surface area contributed by atoms with Crippen molar-refractivity contribution in [3.63, 3.8) is 0 Å². The molecule has 0 spiro atoms. The van der Waals surface area contributed by atoms with E-state index in [2.05, 4.69) is 10.6 Å². The van der Waals surface area contributed by atoms with Gasteiger partial charge in [-0.1, -0.05) is 48.5 Å². The zero-order valence-electron chi connectivity index (χ0n) is 11.8. The fourth-order valence-corrected chi connectivity index (χ4v) is 2.34. The third-order valence-electron chi connectivity index (χ3n) is 3.31. The summed E-state index contributed by atoms with van der Waals surface area (Å²) in [6.45, 7) is 1.99. The van der Waals surface area contributed by atoms with Crippen molar-refractivity contribution in [2.45, 2.75) is 6.92 Å². The topological polar surface area (TPSA) is 41.1 Å². The maximum Gasteiger partial charge on any atom is 0.323 e. The molecule has 3 nitrogen and oxygen atoms in total. The lowest BCUT2D eigenvalue weighted by Crippen LogP contribution is -2.19. The Morgan fingerprint density at radius 3 is 2.48 bits per heavy atom. The lowest BCUT2D eigenvalue weighted by molar-refractivity contribution is 0.262. The number of nitrogens with one attached hydrogen (secondary N) is 2. The van der Waals surface area contributed by atoms with Crippen LogP contribution in [0.5, 0.6) is 0 Å². The molecule has 0 unspecified atom stereocenters. The van der Waals surface area contributed by atoms with Crippen molar-refractivity contribution in [2.24, 2.45) is 0 Å². The van der Waals surface area contributed by atoms with Crippen LogP contribution >= 0.6 is 0 Å². The molecule has 3 aromatic rings. The average Bonchev–Trinajstić information content (AvgIpc) is 2.47. The van der Waals surface area contributed by atoms with Crippen molar-refractivity contribution < 1.29 is 4.79 Å². The minimum atomic E-state index is -0.239. The number of benzene rings is 3. The van der Waals surface area contributed by atoms with E-state index in [1.54, 1.807) is 0 Å². The maximum atomic E-state index is 12.1. The number of rotatable bonds is 2. The summed E-state index contributed by atoms with van der Waals surface area (Å²) in [6, 6.07) is 21.3. The van der Waals surface area contributed by atoms with Crippen LogP contribution in [0, 0.1) is 6.92 Å². The van der Waals surface area contributed by atoms with E-state index in [0.717, 1.165) is 27.7 Å². The standard InChI is InChI=1S/C18H16N2O/c1-13-6-4-9-15(12-13)19-18(21)20-17-11-5-8-14-7-2-3-10-16(14)17/h2-12H,1H3,(H2,19,20,21). The number of carbonyl (C=O) groups is 1. The van der Waals surface area contributed by atoms with Gasteiger partial charge < -0.3 is 10.6 Å². The van der Waals surface area contributed by atoms with Crippen molar-refractivity contribution in [1.82, 2.24) is 0 Å². The van der Waals surface area contributed by atoms with Gasteiger partial charge in [-0.3, -0.25) is 0 Å². The predicted molar refractivity (Wildman–Crippen MR) is 87.8 cm³/mol. The molecule has 0 bridgehead atoms. The molecule has 0 radical (unpaired) electrons. The second kappa shape index (κ2) is 5.67. The number of hydrogen-bond donors (Lipinski definition) is 2. The van der Waals surface area contributed by atoms with E-state index in [-0.39, 0.29) is 6.03 Å². The Morgan fingerprint density at radius 1 is 0.857 bits per heavy atom. The van der Waals surface area contributed by atoms with E-state index < -0.39 is 0 Å². The number of amides is 2. The Hall–Kier alpha value is -2.81. The summed E-state index contributed by atoms with van der Waals surface area (Å²) in [5.41, 5.74) is 2.70. The molecule has 21 heavy (non-hydrogen) atoms. The van der Waals surface area contributed by atoms with Crippen LogP contribution in [0.3, 0.4) is 0 Å². The molecular weight excluding hydrogens is 260 g/mol. The molecule has 2 amide bonds. The summed E-state index contributed by atoms with van der Waals surface area (Å²) in [5, 5.41) is 7.88. The first-order valence-corrected chi connectivity index (χ1v) is 6.85. The molecule has 0 fully saturated rings. The number of hydrogen-bond acceptors (Lipinski definition) is 1. The molecule has 3 rings (SSSR count). The van der Waals surface area contributed by atoms with Crippen molar-refractivity contribution in [2.75, 3.05) is 10.6 Å². The van der Waals surface area contributed by atoms with E-state index >= 15 is 0 Å². The molecule has 0 saturated carbocycles. The van der Waals surface area contributed by atoms with E-state index in [4.69, 9.17) is 0 Å². The Kier molecular flexibility index (Phi) is 3.56. The summed E-state index contributed by atoms with van der Waals surface area (Å²) in [4.78, 5) is 12.1. The van der Waals surface area contributed by atoms with Gasteiger partial charge in [0.2, 0.25) is 0 Å². The Morgan fingerprint density at radius 2 is 1.62 bits per heavy atom. The molecule has 0 atom stereocenters.